The van der Waals surface area contributed by atoms with Crippen molar-refractivity contribution in [2.45, 2.75) is 116 Å². The van der Waals surface area contributed by atoms with Gasteiger partial charge in [-0.15, -0.1) is 0 Å². The number of aliphatic hydroxyl groups is 1. The molecule has 1 N–H and O–H groups in total. The maximum atomic E-state index is 9.34. The van der Waals surface area contributed by atoms with Crippen LogP contribution >= 0.6 is 11.3 Å². The van der Waals surface area contributed by atoms with E-state index in [0.29, 0.717) is 11.8 Å². The Morgan fingerprint density at radius 1 is 0.828 bits per heavy atom. The molecule has 1 aromatic rings. The molecule has 1 rings (SSSR count). The Morgan fingerprint density at radius 3 is 1.79 bits per heavy atom. The van der Waals surface area contributed by atoms with Gasteiger partial charge in [0.2, 0.25) is 0 Å². The maximum absolute atomic E-state index is 9.34. The van der Waals surface area contributed by atoms with Crippen LogP contribution in [0.3, 0.4) is 0 Å². The zero-order chi connectivity index (χ0) is 20.8. The fourth-order valence-corrected chi connectivity index (χ4v) is 4.05. The highest BCUT2D eigenvalue weighted by Gasteiger charge is 2.10. The van der Waals surface area contributed by atoms with Crippen LogP contribution in [0.4, 0.5) is 0 Å². The minimum absolute atomic E-state index is 0.0431. The van der Waals surface area contributed by atoms with E-state index >= 15 is 0 Å². The van der Waals surface area contributed by atoms with Crippen LogP contribution < -0.4 is 4.74 Å². The highest BCUT2D eigenvalue weighted by atomic mass is 32.1. The number of ether oxygens (including phenoxy) is 2. The molecule has 0 aliphatic carbocycles. The first-order valence-corrected chi connectivity index (χ1v) is 13.0. The van der Waals surface area contributed by atoms with E-state index in [-0.39, 0.29) is 12.7 Å². The van der Waals surface area contributed by atoms with Crippen LogP contribution in [0.2, 0.25) is 0 Å². The van der Waals surface area contributed by atoms with Crippen molar-refractivity contribution in [3.8, 4) is 5.19 Å². The largest absolute Gasteiger partial charge is 0.462 e. The van der Waals surface area contributed by atoms with Crippen LogP contribution in [0.1, 0.15) is 110 Å². The Kier molecular flexibility index (Phi) is 18.8. The van der Waals surface area contributed by atoms with Crippen LogP contribution in [0.5, 0.6) is 5.19 Å². The van der Waals surface area contributed by atoms with Gasteiger partial charge in [-0.25, -0.2) is 4.98 Å². The van der Waals surface area contributed by atoms with Gasteiger partial charge in [-0.2, -0.15) is 0 Å². The van der Waals surface area contributed by atoms with Crippen LogP contribution in [-0.4, -0.2) is 36.0 Å². The normalized spacial score (nSPS) is 12.3. The lowest BCUT2D eigenvalue weighted by Crippen LogP contribution is -2.27. The molecule has 1 aromatic heterocycles. The second kappa shape index (κ2) is 20.6. The number of unbranched alkanes of at least 4 members (excludes halogenated alkanes) is 15. The minimum Gasteiger partial charge on any atom is -0.462 e. The summed E-state index contributed by atoms with van der Waals surface area (Å²) in [5, 5.41) is 11.8. The molecule has 0 aliphatic heterocycles. The third kappa shape index (κ3) is 16.8. The first-order chi connectivity index (χ1) is 14.4. The number of thiazole rings is 1. The second-order valence-corrected chi connectivity index (χ2v) is 8.96. The molecule has 1 atom stereocenters. The summed E-state index contributed by atoms with van der Waals surface area (Å²) in [4.78, 5) is 4.06. The molecule has 4 nitrogen and oxygen atoms in total. The molecule has 0 bridgehead atoms. The van der Waals surface area contributed by atoms with E-state index in [1.807, 2.05) is 5.38 Å². The molecule has 170 valence electrons. The summed E-state index contributed by atoms with van der Waals surface area (Å²) in [5.74, 6) is 0. The van der Waals surface area contributed by atoms with Crippen molar-refractivity contribution in [3.63, 3.8) is 0 Å². The molecule has 0 saturated heterocycles. The molecule has 0 aromatic carbocycles. The topological polar surface area (TPSA) is 51.6 Å². The van der Waals surface area contributed by atoms with Gasteiger partial charge in [0.15, 0.2) is 0 Å². The number of aliphatic hydroxyl groups excluding tert-OH is 1. The second-order valence-electron chi connectivity index (χ2n) is 8.10. The van der Waals surface area contributed by atoms with Gasteiger partial charge < -0.3 is 14.6 Å². The van der Waals surface area contributed by atoms with Gasteiger partial charge >= 0.3 is 0 Å². The molecule has 0 amide bonds. The van der Waals surface area contributed by atoms with Crippen molar-refractivity contribution in [2.75, 3.05) is 19.8 Å². The van der Waals surface area contributed by atoms with Crippen molar-refractivity contribution < 1.29 is 14.6 Å². The number of rotatable bonds is 22. The van der Waals surface area contributed by atoms with Crippen molar-refractivity contribution >= 4 is 11.3 Å². The Bertz CT molecular complexity index is 428. The number of aromatic nitrogens is 1. The summed E-state index contributed by atoms with van der Waals surface area (Å²) in [6.07, 6.45) is 23.4. The summed E-state index contributed by atoms with van der Waals surface area (Å²) in [6.45, 7) is 3.41. The molecule has 0 radical (unpaired) electrons. The van der Waals surface area contributed by atoms with Crippen molar-refractivity contribution in [3.05, 3.63) is 11.6 Å². The van der Waals surface area contributed by atoms with Gasteiger partial charge in [-0.3, -0.25) is 0 Å². The monoisotopic (exact) mass is 427 g/mol. The molecule has 5 heteroatoms. The van der Waals surface area contributed by atoms with Crippen LogP contribution in [0, 0.1) is 0 Å². The van der Waals surface area contributed by atoms with Gasteiger partial charge in [0.1, 0.15) is 6.10 Å². The summed E-state index contributed by atoms with van der Waals surface area (Å²) < 4.78 is 11.2. The standard InChI is InChI=1S/C24H45NO3S/c1-2-3-4-5-6-7-8-9-10-11-12-13-14-15-16-17-19-27-22-23(21-26)28-24-25-18-20-29-24/h18,20,23,26H,2-17,19,21-22H2,1H3/t23-/m0/s1. The Hall–Kier alpha value is -0.650. The van der Waals surface area contributed by atoms with E-state index in [1.54, 1.807) is 6.20 Å². The lowest BCUT2D eigenvalue weighted by atomic mass is 10.0. The number of hydrogen-bond acceptors (Lipinski definition) is 5. The van der Waals surface area contributed by atoms with E-state index in [0.717, 1.165) is 13.0 Å². The van der Waals surface area contributed by atoms with Crippen LogP contribution in [0.25, 0.3) is 0 Å². The molecule has 0 aliphatic rings. The molecule has 0 spiro atoms. The number of nitrogens with zero attached hydrogens (tertiary/aromatic N) is 1. The van der Waals surface area contributed by atoms with E-state index < -0.39 is 0 Å². The quantitative estimate of drug-likeness (QED) is 0.199. The van der Waals surface area contributed by atoms with Gasteiger partial charge in [0.05, 0.1) is 13.2 Å². The minimum atomic E-state index is -0.317. The lowest BCUT2D eigenvalue weighted by Gasteiger charge is -2.14. The van der Waals surface area contributed by atoms with E-state index in [9.17, 15) is 5.11 Å². The van der Waals surface area contributed by atoms with Gasteiger partial charge in [0, 0.05) is 18.2 Å². The number of hydrogen-bond donors (Lipinski definition) is 1. The zero-order valence-corrected chi connectivity index (χ0v) is 19.6. The summed E-state index contributed by atoms with van der Waals surface area (Å²) in [6, 6.07) is 0. The van der Waals surface area contributed by atoms with Crippen LogP contribution in [-0.2, 0) is 4.74 Å². The molecule has 0 unspecified atom stereocenters. The fourth-order valence-electron chi connectivity index (χ4n) is 3.50. The highest BCUT2D eigenvalue weighted by molar-refractivity contribution is 7.11. The van der Waals surface area contributed by atoms with Gasteiger partial charge in [-0.05, 0) is 6.42 Å². The third-order valence-corrected chi connectivity index (χ3v) is 5.99. The molecular weight excluding hydrogens is 382 g/mol. The van der Waals surface area contributed by atoms with Gasteiger partial charge in [-0.1, -0.05) is 115 Å². The predicted molar refractivity (Wildman–Crippen MR) is 124 cm³/mol. The molecule has 0 saturated carbocycles. The Morgan fingerprint density at radius 2 is 1.34 bits per heavy atom. The Labute approximate surface area is 183 Å². The molecule has 29 heavy (non-hydrogen) atoms. The lowest BCUT2D eigenvalue weighted by molar-refractivity contribution is 0.0188. The fraction of sp³-hybridized carbons (Fsp3) is 0.875. The summed E-state index contributed by atoms with van der Waals surface area (Å²) in [5.41, 5.74) is 0. The summed E-state index contributed by atoms with van der Waals surface area (Å²) in [7, 11) is 0. The smallest absolute Gasteiger partial charge is 0.273 e. The first kappa shape index (κ1) is 26.4. The van der Waals surface area contributed by atoms with Crippen molar-refractivity contribution in [1.82, 2.24) is 4.98 Å². The SMILES string of the molecule is CCCCCCCCCCCCCCCCCCOC[C@H](CO)Oc1nccs1. The van der Waals surface area contributed by atoms with E-state index in [2.05, 4.69) is 11.9 Å². The van der Waals surface area contributed by atoms with Crippen molar-refractivity contribution in [2.24, 2.45) is 0 Å². The third-order valence-electron chi connectivity index (χ3n) is 5.33. The average molecular weight is 428 g/mol. The molecular formula is C24H45NO3S. The van der Waals surface area contributed by atoms with Crippen LogP contribution in [0.15, 0.2) is 11.6 Å². The maximum Gasteiger partial charge on any atom is 0.273 e. The van der Waals surface area contributed by atoms with Gasteiger partial charge in [0.25, 0.3) is 5.19 Å². The van der Waals surface area contributed by atoms with E-state index in [1.165, 1.54) is 108 Å². The Balaban J connectivity index is 1.74. The summed E-state index contributed by atoms with van der Waals surface area (Å²) >= 11 is 1.43. The van der Waals surface area contributed by atoms with E-state index in [4.69, 9.17) is 9.47 Å². The first-order valence-electron chi connectivity index (χ1n) is 12.1. The zero-order valence-electron chi connectivity index (χ0n) is 18.8. The molecule has 0 fully saturated rings. The average Bonchev–Trinajstić information content (AvgIpc) is 3.25. The predicted octanol–water partition coefficient (Wildman–Crippen LogP) is 7.16. The molecule has 1 heterocycles. The highest BCUT2D eigenvalue weighted by Crippen LogP contribution is 2.16. The van der Waals surface area contributed by atoms with Crippen molar-refractivity contribution in [1.29, 1.82) is 0 Å².